The number of carboxylic acids is 1. The molecule has 1 aliphatic carbocycles. The first-order chi connectivity index (χ1) is 16.3. The van der Waals surface area contributed by atoms with E-state index < -0.39 is 29.9 Å². The van der Waals surface area contributed by atoms with E-state index in [-0.39, 0.29) is 5.88 Å². The molecule has 0 radical (unpaired) electrons. The molecular weight excluding hydrogens is 548 g/mol. The van der Waals surface area contributed by atoms with Crippen LogP contribution in [0.15, 0.2) is 59.2 Å². The summed E-state index contributed by atoms with van der Waals surface area (Å²) in [4.78, 5) is 15.3. The van der Waals surface area contributed by atoms with Crippen LogP contribution in [0.2, 0.25) is 5.02 Å². The Hall–Kier alpha value is -2.66. The lowest BCUT2D eigenvalue weighted by atomic mass is 9.87. The highest BCUT2D eigenvalue weighted by molar-refractivity contribution is 9.10. The molecule has 2 atom stereocenters. The third-order valence-corrected chi connectivity index (χ3v) is 6.90. The number of nitrogens with zero attached hydrogens (tertiary/aromatic N) is 2. The van der Waals surface area contributed by atoms with Crippen molar-refractivity contribution in [3.8, 4) is 17.4 Å². The van der Waals surface area contributed by atoms with Gasteiger partial charge in [0.2, 0.25) is 5.88 Å². The van der Waals surface area contributed by atoms with E-state index in [1.807, 2.05) is 6.07 Å². The number of carboxylic acid groups (broad SMARTS) is 1. The Bertz CT molecular complexity index is 1240. The van der Waals surface area contributed by atoms with Crippen molar-refractivity contribution in [1.29, 1.82) is 0 Å². The van der Waals surface area contributed by atoms with E-state index in [1.165, 1.54) is 10.5 Å². The summed E-state index contributed by atoms with van der Waals surface area (Å²) in [6.45, 7) is -0.457. The molecule has 11 heteroatoms. The zero-order valence-electron chi connectivity index (χ0n) is 17.7. The van der Waals surface area contributed by atoms with E-state index in [0.29, 0.717) is 39.5 Å². The lowest BCUT2D eigenvalue weighted by molar-refractivity contribution is -0.139. The number of aromatic nitrogens is 1. The van der Waals surface area contributed by atoms with E-state index in [2.05, 4.69) is 20.9 Å². The third-order valence-electron chi connectivity index (χ3n) is 5.29. The number of pyridine rings is 1. The molecule has 4 rings (SSSR count). The Morgan fingerprint density at radius 2 is 2.06 bits per heavy atom. The number of benzene rings is 2. The molecule has 3 aromatic rings. The second kappa shape index (κ2) is 10.7. The van der Waals surface area contributed by atoms with Crippen LogP contribution < -0.4 is 13.8 Å². The van der Waals surface area contributed by atoms with Gasteiger partial charge in [0.15, 0.2) is 6.61 Å². The first-order valence-corrected chi connectivity index (χ1v) is 12.5. The number of aliphatic carboxylic acids is 1. The first-order valence-electron chi connectivity index (χ1n) is 10.3. The number of anilines is 1. The van der Waals surface area contributed by atoms with Crippen LogP contribution in [0.4, 0.5) is 5.69 Å². The number of hydrogen-bond acceptors (Lipinski definition) is 5. The molecule has 178 valence electrons. The maximum absolute atomic E-state index is 12.5. The number of halogens is 2. The second-order valence-electron chi connectivity index (χ2n) is 7.51. The lowest BCUT2D eigenvalue weighted by Gasteiger charge is -2.35. The van der Waals surface area contributed by atoms with Crippen LogP contribution in [-0.4, -0.2) is 31.4 Å². The maximum atomic E-state index is 12.5. The predicted molar refractivity (Wildman–Crippen MR) is 132 cm³/mol. The SMILES string of the molecule is O=C(O)COc1cccc2c1CCCC2N(c1cnc(Oc2cccc(Cl)c2)c(Br)c1)S(=O)O. The summed E-state index contributed by atoms with van der Waals surface area (Å²) in [5.74, 6) is 0.186. The van der Waals surface area contributed by atoms with Gasteiger partial charge in [-0.1, -0.05) is 29.8 Å². The van der Waals surface area contributed by atoms with Gasteiger partial charge in [-0.25, -0.2) is 14.0 Å². The van der Waals surface area contributed by atoms with Crippen LogP contribution in [0.25, 0.3) is 0 Å². The number of ether oxygens (including phenoxy) is 2. The van der Waals surface area contributed by atoms with Crippen molar-refractivity contribution in [1.82, 2.24) is 4.98 Å². The standard InChI is InChI=1S/C23H20BrClN2O6S/c24-19-11-15(12-26-23(19)33-16-5-1-4-14(25)10-16)27(34(30)31)20-8-2-7-18-17(20)6-3-9-21(18)32-13-22(28)29/h1,3-6,9-12,20H,2,7-8,13H2,(H,28,29)(H,30,31). The molecule has 1 aromatic heterocycles. The molecule has 0 amide bonds. The van der Waals surface area contributed by atoms with Gasteiger partial charge < -0.3 is 14.6 Å². The van der Waals surface area contributed by atoms with Crippen molar-refractivity contribution in [3.05, 3.63) is 75.4 Å². The van der Waals surface area contributed by atoms with Gasteiger partial charge >= 0.3 is 5.97 Å². The summed E-state index contributed by atoms with van der Waals surface area (Å²) in [5.41, 5.74) is 2.07. The quantitative estimate of drug-likeness (QED) is 0.332. The Kier molecular flexibility index (Phi) is 7.72. The normalized spacial score (nSPS) is 15.8. The molecule has 1 heterocycles. The van der Waals surface area contributed by atoms with Crippen LogP contribution in [0.5, 0.6) is 17.4 Å². The van der Waals surface area contributed by atoms with E-state index in [1.54, 1.807) is 42.5 Å². The van der Waals surface area contributed by atoms with Crippen LogP contribution in [0.3, 0.4) is 0 Å². The fourth-order valence-electron chi connectivity index (χ4n) is 3.94. The van der Waals surface area contributed by atoms with E-state index in [9.17, 15) is 13.6 Å². The van der Waals surface area contributed by atoms with Crippen molar-refractivity contribution in [2.24, 2.45) is 0 Å². The average molecular weight is 568 g/mol. The summed E-state index contributed by atoms with van der Waals surface area (Å²) in [6.07, 6.45) is 3.52. The zero-order chi connectivity index (χ0) is 24.2. The minimum absolute atomic E-state index is 0.281. The van der Waals surface area contributed by atoms with Gasteiger partial charge in [0.25, 0.3) is 11.3 Å². The van der Waals surface area contributed by atoms with Gasteiger partial charge in [-0.05, 0) is 76.7 Å². The summed E-state index contributed by atoms with van der Waals surface area (Å²) < 4.78 is 35.8. The van der Waals surface area contributed by atoms with Crippen LogP contribution in [0, 0.1) is 0 Å². The lowest BCUT2D eigenvalue weighted by Crippen LogP contribution is -2.33. The van der Waals surface area contributed by atoms with Gasteiger partial charge in [-0.15, -0.1) is 0 Å². The molecule has 0 bridgehead atoms. The van der Waals surface area contributed by atoms with Crippen molar-refractivity contribution in [3.63, 3.8) is 0 Å². The van der Waals surface area contributed by atoms with Crippen LogP contribution >= 0.6 is 27.5 Å². The molecule has 0 spiro atoms. The smallest absolute Gasteiger partial charge is 0.341 e. The summed E-state index contributed by atoms with van der Waals surface area (Å²) in [7, 11) is 0. The summed E-state index contributed by atoms with van der Waals surface area (Å²) in [5, 5.41) is 9.48. The van der Waals surface area contributed by atoms with Crippen molar-refractivity contribution >= 4 is 50.5 Å². The highest BCUT2D eigenvalue weighted by Gasteiger charge is 2.32. The number of hydrogen-bond donors (Lipinski definition) is 2. The number of fused-ring (bicyclic) bond motifs is 1. The largest absolute Gasteiger partial charge is 0.482 e. The molecule has 1 aliphatic rings. The molecule has 0 saturated heterocycles. The Balaban J connectivity index is 1.65. The monoisotopic (exact) mass is 566 g/mol. The molecular formula is C23H20BrClN2O6S. The van der Waals surface area contributed by atoms with Crippen molar-refractivity contribution in [2.45, 2.75) is 25.3 Å². The van der Waals surface area contributed by atoms with E-state index in [4.69, 9.17) is 26.2 Å². The Morgan fingerprint density at radius 3 is 2.76 bits per heavy atom. The minimum atomic E-state index is -2.35. The fraction of sp³-hybridized carbons (Fsp3) is 0.217. The van der Waals surface area contributed by atoms with Gasteiger partial charge in [-0.2, -0.15) is 0 Å². The first kappa shape index (κ1) is 24.5. The molecule has 0 saturated carbocycles. The summed E-state index contributed by atoms with van der Waals surface area (Å²) in [6, 6.07) is 13.4. The molecule has 8 nitrogen and oxygen atoms in total. The second-order valence-corrected chi connectivity index (χ2v) is 9.66. The van der Waals surface area contributed by atoms with Gasteiger partial charge in [-0.3, -0.25) is 8.86 Å². The molecule has 0 aliphatic heterocycles. The summed E-state index contributed by atoms with van der Waals surface area (Å²) >= 11 is 7.09. The van der Waals surface area contributed by atoms with Crippen LogP contribution in [0.1, 0.15) is 30.0 Å². The van der Waals surface area contributed by atoms with Crippen molar-refractivity contribution < 1.29 is 28.1 Å². The molecule has 0 fully saturated rings. The van der Waals surface area contributed by atoms with Crippen LogP contribution in [-0.2, 0) is 22.5 Å². The number of rotatable bonds is 8. The Labute approximate surface area is 212 Å². The van der Waals surface area contributed by atoms with E-state index >= 15 is 0 Å². The highest BCUT2D eigenvalue weighted by Crippen LogP contribution is 2.42. The third kappa shape index (κ3) is 5.52. The van der Waals surface area contributed by atoms with E-state index in [0.717, 1.165) is 17.5 Å². The van der Waals surface area contributed by atoms with Gasteiger partial charge in [0.1, 0.15) is 11.5 Å². The van der Waals surface area contributed by atoms with Crippen molar-refractivity contribution in [2.75, 3.05) is 10.9 Å². The topological polar surface area (TPSA) is 109 Å². The Morgan fingerprint density at radius 1 is 1.26 bits per heavy atom. The molecule has 34 heavy (non-hydrogen) atoms. The predicted octanol–water partition coefficient (Wildman–Crippen LogP) is 5.77. The number of carbonyl (C=O) groups is 1. The molecule has 2 unspecified atom stereocenters. The molecule has 2 N–H and O–H groups in total. The zero-order valence-corrected chi connectivity index (χ0v) is 20.8. The maximum Gasteiger partial charge on any atom is 0.341 e. The minimum Gasteiger partial charge on any atom is -0.482 e. The van der Waals surface area contributed by atoms with Gasteiger partial charge in [0.05, 0.1) is 22.4 Å². The molecule has 2 aromatic carbocycles. The average Bonchev–Trinajstić information content (AvgIpc) is 2.79. The highest BCUT2D eigenvalue weighted by atomic mass is 79.9. The van der Waals surface area contributed by atoms with Gasteiger partial charge in [0, 0.05) is 5.02 Å². The fourth-order valence-corrected chi connectivity index (χ4v) is 5.26.